The number of amides is 1. The van der Waals surface area contributed by atoms with Crippen LogP contribution in [0.3, 0.4) is 0 Å². The molecule has 1 aromatic carbocycles. The van der Waals surface area contributed by atoms with Crippen molar-refractivity contribution in [3.05, 3.63) is 42.1 Å². The molecule has 2 saturated carbocycles. The fraction of sp³-hybridized carbons (Fsp3) is 0.444. The van der Waals surface area contributed by atoms with Gasteiger partial charge in [-0.1, -0.05) is 0 Å². The zero-order chi connectivity index (χ0) is 23.8. The molecule has 35 heavy (non-hydrogen) atoms. The summed E-state index contributed by atoms with van der Waals surface area (Å²) in [5.41, 5.74) is 10.6. The van der Waals surface area contributed by atoms with E-state index in [1.165, 1.54) is 12.8 Å². The molecule has 1 amide bonds. The number of carbonyl (C=O) groups is 1. The van der Waals surface area contributed by atoms with Gasteiger partial charge in [-0.15, -0.1) is 0 Å². The van der Waals surface area contributed by atoms with E-state index in [1.54, 1.807) is 7.11 Å². The highest BCUT2D eigenvalue weighted by atomic mass is 16.5. The van der Waals surface area contributed by atoms with E-state index in [9.17, 15) is 4.79 Å². The highest BCUT2D eigenvalue weighted by Gasteiger charge is 2.45. The van der Waals surface area contributed by atoms with Gasteiger partial charge in [0.15, 0.2) is 5.82 Å². The minimum Gasteiger partial charge on any atom is -0.494 e. The van der Waals surface area contributed by atoms with Crippen molar-refractivity contribution in [1.29, 1.82) is 0 Å². The molecule has 3 atom stereocenters. The Bertz CT molecular complexity index is 1480. The van der Waals surface area contributed by atoms with Gasteiger partial charge in [-0.2, -0.15) is 0 Å². The summed E-state index contributed by atoms with van der Waals surface area (Å²) < 4.78 is 10.2. The number of carbonyl (C=O) groups excluding carboxylic acids is 1. The summed E-state index contributed by atoms with van der Waals surface area (Å²) >= 11 is 0. The maximum atomic E-state index is 13.5. The Kier molecular flexibility index (Phi) is 4.52. The SMILES string of the molecule is COc1cc(C(=O)N2C[C@@H]3C[C@@H](N)[C@H]2C3)cc2nc(-c3cc4cccnc4n3CC3CC3)n(C)c12. The molecule has 4 heterocycles. The molecular formula is C27H30N6O2. The number of pyridine rings is 1. The third-order valence-corrected chi connectivity index (χ3v) is 8.21. The standard InChI is InChI=1S/C27H30N6O2/c1-31-24-20(10-18(12-23(24)35-2)27(34)33-14-16-8-19(28)21(33)9-16)30-26(31)22-11-17-4-3-7-29-25(17)32(22)13-15-5-6-15/h3-4,7,10-12,15-16,19,21H,5-6,8-9,13-14,28H2,1-2H3/t16-,19-,21-/m1/s1. The van der Waals surface area contributed by atoms with Crippen LogP contribution in [-0.2, 0) is 13.6 Å². The Balaban J connectivity index is 1.35. The van der Waals surface area contributed by atoms with Crippen LogP contribution in [0.4, 0.5) is 0 Å². The molecule has 0 unspecified atom stereocenters. The van der Waals surface area contributed by atoms with Gasteiger partial charge in [-0.05, 0) is 67.9 Å². The summed E-state index contributed by atoms with van der Waals surface area (Å²) in [5.74, 6) is 2.75. The maximum absolute atomic E-state index is 13.5. The predicted octanol–water partition coefficient (Wildman–Crippen LogP) is 3.57. The number of likely N-dealkylation sites (tertiary alicyclic amines) is 1. The summed E-state index contributed by atoms with van der Waals surface area (Å²) in [6.45, 7) is 1.73. The van der Waals surface area contributed by atoms with E-state index >= 15 is 0 Å². The quantitative estimate of drug-likeness (QED) is 0.482. The number of hydrogen-bond acceptors (Lipinski definition) is 5. The summed E-state index contributed by atoms with van der Waals surface area (Å²) in [6, 6.07) is 10.2. The van der Waals surface area contributed by atoms with Crippen molar-refractivity contribution in [3.63, 3.8) is 0 Å². The Morgan fingerprint density at radius 1 is 1.23 bits per heavy atom. The highest BCUT2D eigenvalue weighted by molar-refractivity contribution is 6.00. The number of piperidine rings is 1. The Hall–Kier alpha value is -3.39. The maximum Gasteiger partial charge on any atom is 0.254 e. The van der Waals surface area contributed by atoms with E-state index in [1.807, 2.05) is 36.3 Å². The zero-order valence-corrected chi connectivity index (χ0v) is 20.1. The van der Waals surface area contributed by atoms with Crippen molar-refractivity contribution < 1.29 is 9.53 Å². The lowest BCUT2D eigenvalue weighted by Gasteiger charge is -2.31. The summed E-state index contributed by atoms with van der Waals surface area (Å²) in [4.78, 5) is 25.2. The van der Waals surface area contributed by atoms with Gasteiger partial charge in [-0.25, -0.2) is 9.97 Å². The number of imidazole rings is 1. The number of aromatic nitrogens is 4. The van der Waals surface area contributed by atoms with Gasteiger partial charge in [0.05, 0.1) is 18.3 Å². The zero-order valence-electron chi connectivity index (χ0n) is 20.1. The smallest absolute Gasteiger partial charge is 0.254 e. The van der Waals surface area contributed by atoms with Gasteiger partial charge < -0.3 is 24.5 Å². The lowest BCUT2D eigenvalue weighted by Crippen LogP contribution is -2.48. The van der Waals surface area contributed by atoms with Gasteiger partial charge in [0.2, 0.25) is 0 Å². The lowest BCUT2D eigenvalue weighted by atomic mass is 10.0. The van der Waals surface area contributed by atoms with Crippen LogP contribution < -0.4 is 10.5 Å². The van der Waals surface area contributed by atoms with Gasteiger partial charge >= 0.3 is 0 Å². The Labute approximate surface area is 203 Å². The van der Waals surface area contributed by atoms with Crippen molar-refractivity contribution in [2.75, 3.05) is 13.7 Å². The third kappa shape index (κ3) is 3.19. The molecule has 4 aromatic rings. The second-order valence-corrected chi connectivity index (χ2v) is 10.6. The van der Waals surface area contributed by atoms with Crippen LogP contribution >= 0.6 is 0 Å². The first kappa shape index (κ1) is 20.9. The first-order chi connectivity index (χ1) is 17.0. The van der Waals surface area contributed by atoms with E-state index < -0.39 is 0 Å². The average Bonchev–Trinajstić information content (AvgIpc) is 3.16. The predicted molar refractivity (Wildman–Crippen MR) is 134 cm³/mol. The number of nitrogens with two attached hydrogens (primary N) is 1. The van der Waals surface area contributed by atoms with Crippen molar-refractivity contribution in [2.45, 2.75) is 44.3 Å². The molecular weight excluding hydrogens is 440 g/mol. The van der Waals surface area contributed by atoms with Crippen LogP contribution in [0.15, 0.2) is 36.5 Å². The molecule has 3 aromatic heterocycles. The minimum atomic E-state index is 0.0205. The number of rotatable bonds is 5. The van der Waals surface area contributed by atoms with E-state index in [0.29, 0.717) is 23.1 Å². The van der Waals surface area contributed by atoms with Crippen LogP contribution in [-0.4, -0.2) is 55.6 Å². The Morgan fingerprint density at radius 3 is 2.83 bits per heavy atom. The van der Waals surface area contributed by atoms with Crippen molar-refractivity contribution in [1.82, 2.24) is 24.0 Å². The number of aryl methyl sites for hydroxylation is 1. The van der Waals surface area contributed by atoms with Crippen molar-refractivity contribution in [3.8, 4) is 17.3 Å². The fourth-order valence-electron chi connectivity index (χ4n) is 6.31. The fourth-order valence-corrected chi connectivity index (χ4v) is 6.31. The number of fused-ring (bicyclic) bond motifs is 4. The third-order valence-electron chi connectivity index (χ3n) is 8.21. The molecule has 2 N–H and O–H groups in total. The number of ether oxygens (including phenoxy) is 1. The van der Waals surface area contributed by atoms with Crippen LogP contribution in [0.1, 0.15) is 36.0 Å². The monoisotopic (exact) mass is 470 g/mol. The first-order valence-corrected chi connectivity index (χ1v) is 12.6. The molecule has 180 valence electrons. The van der Waals surface area contributed by atoms with Crippen LogP contribution in [0.2, 0.25) is 0 Å². The molecule has 1 saturated heterocycles. The molecule has 8 nitrogen and oxygen atoms in total. The summed E-state index contributed by atoms with van der Waals surface area (Å²) in [7, 11) is 3.66. The molecule has 8 heteroatoms. The second-order valence-electron chi connectivity index (χ2n) is 10.6. The normalized spacial score (nSPS) is 23.6. The Morgan fingerprint density at radius 2 is 2.09 bits per heavy atom. The lowest BCUT2D eigenvalue weighted by molar-refractivity contribution is 0.0685. The van der Waals surface area contributed by atoms with E-state index in [2.05, 4.69) is 26.3 Å². The van der Waals surface area contributed by atoms with E-state index in [4.69, 9.17) is 15.5 Å². The number of benzene rings is 1. The van der Waals surface area contributed by atoms with Crippen molar-refractivity contribution in [2.24, 2.45) is 24.6 Å². The van der Waals surface area contributed by atoms with Gasteiger partial charge in [0.1, 0.15) is 16.9 Å². The molecule has 0 radical (unpaired) electrons. The van der Waals surface area contributed by atoms with Crippen LogP contribution in [0.25, 0.3) is 33.6 Å². The molecule has 0 spiro atoms. The van der Waals surface area contributed by atoms with Crippen LogP contribution in [0, 0.1) is 11.8 Å². The largest absolute Gasteiger partial charge is 0.494 e. The van der Waals surface area contributed by atoms with Crippen LogP contribution in [0.5, 0.6) is 5.75 Å². The van der Waals surface area contributed by atoms with E-state index in [-0.39, 0.29) is 18.0 Å². The first-order valence-electron chi connectivity index (χ1n) is 12.6. The molecule has 7 rings (SSSR count). The minimum absolute atomic E-state index is 0.0205. The molecule has 3 aliphatic rings. The second kappa shape index (κ2) is 7.55. The highest BCUT2D eigenvalue weighted by Crippen LogP contribution is 2.40. The summed E-state index contributed by atoms with van der Waals surface area (Å²) in [6.07, 6.45) is 6.40. The average molecular weight is 471 g/mol. The molecule has 2 aliphatic carbocycles. The van der Waals surface area contributed by atoms with Crippen molar-refractivity contribution >= 4 is 28.0 Å². The number of hydrogen-bond donors (Lipinski definition) is 1. The molecule has 2 bridgehead atoms. The molecule has 3 fully saturated rings. The van der Waals surface area contributed by atoms with Gasteiger partial charge in [-0.3, -0.25) is 4.79 Å². The number of nitrogens with zero attached hydrogens (tertiary/aromatic N) is 5. The topological polar surface area (TPSA) is 91.2 Å². The molecule has 1 aliphatic heterocycles. The summed E-state index contributed by atoms with van der Waals surface area (Å²) in [5, 5.41) is 1.11. The van der Waals surface area contributed by atoms with Gasteiger partial charge in [0.25, 0.3) is 5.91 Å². The van der Waals surface area contributed by atoms with E-state index in [0.717, 1.165) is 59.5 Å². The number of methoxy groups -OCH3 is 1. The van der Waals surface area contributed by atoms with Gasteiger partial charge in [0, 0.05) is 49.4 Å².